The van der Waals surface area contributed by atoms with E-state index < -0.39 is 0 Å². The van der Waals surface area contributed by atoms with Gasteiger partial charge >= 0.3 is 0 Å². The van der Waals surface area contributed by atoms with Crippen molar-refractivity contribution in [2.75, 3.05) is 24.2 Å². The van der Waals surface area contributed by atoms with E-state index in [1.54, 1.807) is 0 Å². The molecule has 0 saturated heterocycles. The first-order chi connectivity index (χ1) is 6.22. The SMILES string of the molecule is CNc1ccc(NCC(C)C)cc1. The third-order valence-electron chi connectivity index (χ3n) is 1.89. The molecule has 0 aliphatic heterocycles. The van der Waals surface area contributed by atoms with Gasteiger partial charge in [-0.2, -0.15) is 0 Å². The molecular weight excluding hydrogens is 160 g/mol. The predicted molar refractivity (Wildman–Crippen MR) is 59.3 cm³/mol. The summed E-state index contributed by atoms with van der Waals surface area (Å²) in [5.41, 5.74) is 2.34. The molecule has 0 fully saturated rings. The fourth-order valence-electron chi connectivity index (χ4n) is 1.08. The van der Waals surface area contributed by atoms with Crippen LogP contribution < -0.4 is 10.6 Å². The number of nitrogens with one attached hydrogen (secondary N) is 2. The maximum absolute atomic E-state index is 3.37. The van der Waals surface area contributed by atoms with Crippen LogP contribution in [0.3, 0.4) is 0 Å². The molecule has 2 N–H and O–H groups in total. The molecule has 0 aliphatic carbocycles. The lowest BCUT2D eigenvalue weighted by Gasteiger charge is -2.09. The fraction of sp³-hybridized carbons (Fsp3) is 0.455. The standard InChI is InChI=1S/C11H18N2/c1-9(2)8-13-11-6-4-10(12-3)5-7-11/h4-7,9,12-13H,8H2,1-3H3. The molecule has 1 aromatic carbocycles. The minimum Gasteiger partial charge on any atom is -0.388 e. The van der Waals surface area contributed by atoms with Crippen LogP contribution in [0.2, 0.25) is 0 Å². The van der Waals surface area contributed by atoms with Crippen LogP contribution in [0.25, 0.3) is 0 Å². The molecule has 0 saturated carbocycles. The zero-order chi connectivity index (χ0) is 9.68. The molecule has 72 valence electrons. The molecule has 0 unspecified atom stereocenters. The van der Waals surface area contributed by atoms with E-state index in [4.69, 9.17) is 0 Å². The van der Waals surface area contributed by atoms with Crippen molar-refractivity contribution in [1.29, 1.82) is 0 Å². The number of benzene rings is 1. The van der Waals surface area contributed by atoms with Gasteiger partial charge in [0.05, 0.1) is 0 Å². The molecule has 0 heterocycles. The molecule has 1 aromatic rings. The van der Waals surface area contributed by atoms with E-state index in [9.17, 15) is 0 Å². The largest absolute Gasteiger partial charge is 0.388 e. The Morgan fingerprint density at radius 1 is 1.08 bits per heavy atom. The summed E-state index contributed by atoms with van der Waals surface area (Å²) >= 11 is 0. The summed E-state index contributed by atoms with van der Waals surface area (Å²) in [5, 5.41) is 6.46. The summed E-state index contributed by atoms with van der Waals surface area (Å²) in [6, 6.07) is 8.33. The van der Waals surface area contributed by atoms with E-state index in [0.29, 0.717) is 5.92 Å². The molecule has 0 aliphatic rings. The Kier molecular flexibility index (Phi) is 3.62. The molecule has 0 amide bonds. The first-order valence-corrected chi connectivity index (χ1v) is 4.74. The third-order valence-corrected chi connectivity index (χ3v) is 1.89. The monoisotopic (exact) mass is 178 g/mol. The van der Waals surface area contributed by atoms with Gasteiger partial charge in [-0.25, -0.2) is 0 Å². The van der Waals surface area contributed by atoms with Gasteiger partial charge in [0, 0.05) is 25.0 Å². The third kappa shape index (κ3) is 3.36. The summed E-state index contributed by atoms with van der Waals surface area (Å²) < 4.78 is 0. The van der Waals surface area contributed by atoms with Gasteiger partial charge in [-0.15, -0.1) is 0 Å². The van der Waals surface area contributed by atoms with Crippen molar-refractivity contribution in [1.82, 2.24) is 0 Å². The number of hydrogen-bond donors (Lipinski definition) is 2. The van der Waals surface area contributed by atoms with Crippen molar-refractivity contribution in [2.45, 2.75) is 13.8 Å². The van der Waals surface area contributed by atoms with Gasteiger partial charge in [-0.05, 0) is 30.2 Å². The second-order valence-corrected chi connectivity index (χ2v) is 3.60. The highest BCUT2D eigenvalue weighted by Crippen LogP contribution is 2.12. The molecule has 0 atom stereocenters. The second kappa shape index (κ2) is 4.75. The van der Waals surface area contributed by atoms with Gasteiger partial charge in [0.1, 0.15) is 0 Å². The Morgan fingerprint density at radius 3 is 2.08 bits per heavy atom. The smallest absolute Gasteiger partial charge is 0.0341 e. The van der Waals surface area contributed by atoms with Crippen molar-refractivity contribution < 1.29 is 0 Å². The topological polar surface area (TPSA) is 24.1 Å². The van der Waals surface area contributed by atoms with Crippen LogP contribution in [0.4, 0.5) is 11.4 Å². The first-order valence-electron chi connectivity index (χ1n) is 4.74. The minimum atomic E-state index is 0.684. The lowest BCUT2D eigenvalue weighted by atomic mass is 10.2. The number of anilines is 2. The van der Waals surface area contributed by atoms with E-state index in [-0.39, 0.29) is 0 Å². The summed E-state index contributed by atoms with van der Waals surface area (Å²) in [6.07, 6.45) is 0. The van der Waals surface area contributed by atoms with Gasteiger partial charge < -0.3 is 10.6 Å². The van der Waals surface area contributed by atoms with Crippen LogP contribution in [0.1, 0.15) is 13.8 Å². The maximum Gasteiger partial charge on any atom is 0.0341 e. The van der Waals surface area contributed by atoms with Gasteiger partial charge in [0.25, 0.3) is 0 Å². The van der Waals surface area contributed by atoms with E-state index in [2.05, 4.69) is 48.7 Å². The lowest BCUT2D eigenvalue weighted by Crippen LogP contribution is -2.07. The quantitative estimate of drug-likeness (QED) is 0.740. The van der Waals surface area contributed by atoms with E-state index in [1.165, 1.54) is 5.69 Å². The highest BCUT2D eigenvalue weighted by atomic mass is 14.9. The minimum absolute atomic E-state index is 0.684. The van der Waals surface area contributed by atoms with Crippen LogP contribution in [0, 0.1) is 5.92 Å². The van der Waals surface area contributed by atoms with Crippen LogP contribution in [-0.2, 0) is 0 Å². The molecule has 13 heavy (non-hydrogen) atoms. The van der Waals surface area contributed by atoms with E-state index in [0.717, 1.165) is 12.2 Å². The average molecular weight is 178 g/mol. The number of rotatable bonds is 4. The fourth-order valence-corrected chi connectivity index (χ4v) is 1.08. The molecule has 0 spiro atoms. The Bertz CT molecular complexity index is 239. The lowest BCUT2D eigenvalue weighted by molar-refractivity contribution is 0.689. The summed E-state index contributed by atoms with van der Waals surface area (Å²) in [6.45, 7) is 5.43. The maximum atomic E-state index is 3.37. The molecule has 2 nitrogen and oxygen atoms in total. The van der Waals surface area contributed by atoms with Gasteiger partial charge in [-0.1, -0.05) is 13.8 Å². The van der Waals surface area contributed by atoms with Gasteiger partial charge in [-0.3, -0.25) is 0 Å². The van der Waals surface area contributed by atoms with Crippen molar-refractivity contribution in [3.63, 3.8) is 0 Å². The Labute approximate surface area is 80.4 Å². The Morgan fingerprint density at radius 2 is 1.62 bits per heavy atom. The molecule has 2 heteroatoms. The Balaban J connectivity index is 2.49. The van der Waals surface area contributed by atoms with E-state index in [1.807, 2.05) is 7.05 Å². The van der Waals surface area contributed by atoms with Crippen LogP contribution in [0.15, 0.2) is 24.3 Å². The van der Waals surface area contributed by atoms with Crippen molar-refractivity contribution in [3.8, 4) is 0 Å². The first kappa shape index (κ1) is 9.90. The van der Waals surface area contributed by atoms with Crippen molar-refractivity contribution >= 4 is 11.4 Å². The van der Waals surface area contributed by atoms with Crippen LogP contribution >= 0.6 is 0 Å². The molecular formula is C11H18N2. The summed E-state index contributed by atoms with van der Waals surface area (Å²) in [4.78, 5) is 0. The molecule has 0 bridgehead atoms. The van der Waals surface area contributed by atoms with Gasteiger partial charge in [0.15, 0.2) is 0 Å². The average Bonchev–Trinajstić information content (AvgIpc) is 2.15. The van der Waals surface area contributed by atoms with Crippen molar-refractivity contribution in [3.05, 3.63) is 24.3 Å². The Hall–Kier alpha value is -1.18. The van der Waals surface area contributed by atoms with Crippen molar-refractivity contribution in [2.24, 2.45) is 5.92 Å². The summed E-state index contributed by atoms with van der Waals surface area (Å²) in [5.74, 6) is 0.684. The van der Waals surface area contributed by atoms with Gasteiger partial charge in [0.2, 0.25) is 0 Å². The van der Waals surface area contributed by atoms with E-state index >= 15 is 0 Å². The highest BCUT2D eigenvalue weighted by molar-refractivity contribution is 5.53. The summed E-state index contributed by atoms with van der Waals surface area (Å²) in [7, 11) is 1.93. The van der Waals surface area contributed by atoms with Crippen LogP contribution in [-0.4, -0.2) is 13.6 Å². The molecule has 1 rings (SSSR count). The number of hydrogen-bond acceptors (Lipinski definition) is 2. The molecule has 0 radical (unpaired) electrons. The van der Waals surface area contributed by atoms with Crippen LogP contribution in [0.5, 0.6) is 0 Å². The predicted octanol–water partition coefficient (Wildman–Crippen LogP) is 2.80. The molecule has 0 aromatic heterocycles. The zero-order valence-corrected chi connectivity index (χ0v) is 8.59. The second-order valence-electron chi connectivity index (χ2n) is 3.60. The normalized spacial score (nSPS) is 10.2. The zero-order valence-electron chi connectivity index (χ0n) is 8.59. The highest BCUT2D eigenvalue weighted by Gasteiger charge is 1.94.